The average molecular weight is 180 g/mol. The monoisotopic (exact) mass is 180 g/mol. The highest BCUT2D eigenvalue weighted by Crippen LogP contribution is 2.00. The Morgan fingerprint density at radius 1 is 1.62 bits per heavy atom. The zero-order chi connectivity index (χ0) is 9.68. The van der Waals surface area contributed by atoms with Gasteiger partial charge in [-0.15, -0.1) is 0 Å². The van der Waals surface area contributed by atoms with Crippen LogP contribution in [-0.2, 0) is 0 Å². The van der Waals surface area contributed by atoms with Gasteiger partial charge in [-0.3, -0.25) is 0 Å². The highest BCUT2D eigenvalue weighted by molar-refractivity contribution is 5.74. The van der Waals surface area contributed by atoms with Gasteiger partial charge in [-0.05, 0) is 13.3 Å². The fourth-order valence-corrected chi connectivity index (χ4v) is 1.16. The summed E-state index contributed by atoms with van der Waals surface area (Å²) in [6, 6.07) is 0.00681. The normalized spacial score (nSPS) is 15.6. The van der Waals surface area contributed by atoms with Crippen molar-refractivity contribution in [1.29, 1.82) is 0 Å². The molecule has 0 aromatic heterocycles. The Morgan fingerprint density at radius 2 is 2.38 bits per heavy atom. The van der Waals surface area contributed by atoms with E-state index in [4.69, 9.17) is 0 Å². The Hall–Kier alpha value is -1.25. The summed E-state index contributed by atoms with van der Waals surface area (Å²) < 4.78 is 0. The molecule has 0 aliphatic carbocycles. The molecule has 0 spiro atoms. The molecule has 2 amide bonds. The van der Waals surface area contributed by atoms with E-state index < -0.39 is 0 Å². The molecule has 0 aromatic carbocycles. The minimum absolute atomic E-state index is 0.00681. The summed E-state index contributed by atoms with van der Waals surface area (Å²) in [5.74, 6) is 0. The van der Waals surface area contributed by atoms with Crippen molar-refractivity contribution < 1.29 is 4.79 Å². The van der Waals surface area contributed by atoms with E-state index in [1.165, 1.54) is 0 Å². The third kappa shape index (κ3) is 3.32. The second-order valence-corrected chi connectivity index (χ2v) is 3.32. The van der Waals surface area contributed by atoms with E-state index in [0.29, 0.717) is 6.54 Å². The van der Waals surface area contributed by atoms with E-state index in [2.05, 4.69) is 18.0 Å². The molecule has 0 atom stereocenters. The van der Waals surface area contributed by atoms with Gasteiger partial charge in [-0.25, -0.2) is 4.79 Å². The van der Waals surface area contributed by atoms with Crippen LogP contribution in [-0.4, -0.2) is 30.6 Å². The summed E-state index contributed by atoms with van der Waals surface area (Å²) in [4.78, 5) is 13.2. The van der Waals surface area contributed by atoms with Gasteiger partial charge in [0.05, 0.1) is 0 Å². The SMILES string of the molecule is C=C(C)CNC(=O)N1CC=CCC1. The number of rotatable bonds is 2. The summed E-state index contributed by atoms with van der Waals surface area (Å²) in [7, 11) is 0. The summed E-state index contributed by atoms with van der Waals surface area (Å²) in [6.45, 7) is 7.73. The summed E-state index contributed by atoms with van der Waals surface area (Å²) >= 11 is 0. The first-order valence-corrected chi connectivity index (χ1v) is 4.52. The topological polar surface area (TPSA) is 32.3 Å². The lowest BCUT2D eigenvalue weighted by Gasteiger charge is -2.23. The summed E-state index contributed by atoms with van der Waals surface area (Å²) in [5, 5.41) is 2.81. The minimum Gasteiger partial charge on any atom is -0.334 e. The number of carbonyl (C=O) groups excluding carboxylic acids is 1. The predicted molar refractivity (Wildman–Crippen MR) is 53.5 cm³/mol. The number of amides is 2. The van der Waals surface area contributed by atoms with Crippen molar-refractivity contribution in [3.63, 3.8) is 0 Å². The van der Waals surface area contributed by atoms with Crippen LogP contribution in [0.4, 0.5) is 4.79 Å². The lowest BCUT2D eigenvalue weighted by atomic mass is 10.2. The molecule has 0 saturated carbocycles. The van der Waals surface area contributed by atoms with Gasteiger partial charge in [0.1, 0.15) is 0 Å². The Morgan fingerprint density at radius 3 is 2.92 bits per heavy atom. The number of nitrogens with zero attached hydrogens (tertiary/aromatic N) is 1. The van der Waals surface area contributed by atoms with E-state index in [9.17, 15) is 4.79 Å². The van der Waals surface area contributed by atoms with Gasteiger partial charge < -0.3 is 10.2 Å². The van der Waals surface area contributed by atoms with Crippen LogP contribution in [0.5, 0.6) is 0 Å². The molecule has 72 valence electrons. The standard InChI is InChI=1S/C10H16N2O/c1-9(2)8-11-10(13)12-6-4-3-5-7-12/h3-4H,1,5-8H2,2H3,(H,11,13). The van der Waals surface area contributed by atoms with E-state index >= 15 is 0 Å². The maximum absolute atomic E-state index is 11.4. The van der Waals surface area contributed by atoms with Crippen LogP contribution in [0.2, 0.25) is 0 Å². The maximum atomic E-state index is 11.4. The van der Waals surface area contributed by atoms with E-state index in [1.807, 2.05) is 13.0 Å². The largest absolute Gasteiger partial charge is 0.334 e. The molecule has 1 rings (SSSR count). The first kappa shape index (κ1) is 9.84. The van der Waals surface area contributed by atoms with E-state index in [1.54, 1.807) is 4.90 Å². The molecule has 0 bridgehead atoms. The van der Waals surface area contributed by atoms with Crippen LogP contribution in [0, 0.1) is 0 Å². The van der Waals surface area contributed by atoms with Crippen molar-refractivity contribution in [2.45, 2.75) is 13.3 Å². The van der Waals surface area contributed by atoms with Crippen LogP contribution < -0.4 is 5.32 Å². The maximum Gasteiger partial charge on any atom is 0.317 e. The smallest absolute Gasteiger partial charge is 0.317 e. The van der Waals surface area contributed by atoms with Crippen molar-refractivity contribution in [2.75, 3.05) is 19.6 Å². The molecular weight excluding hydrogens is 164 g/mol. The highest BCUT2D eigenvalue weighted by Gasteiger charge is 2.12. The van der Waals surface area contributed by atoms with Crippen LogP contribution >= 0.6 is 0 Å². The summed E-state index contributed by atoms with van der Waals surface area (Å²) in [5.41, 5.74) is 0.973. The number of hydrogen-bond donors (Lipinski definition) is 1. The number of carbonyl (C=O) groups is 1. The Balaban J connectivity index is 2.30. The molecule has 0 fully saturated rings. The van der Waals surface area contributed by atoms with Crippen LogP contribution in [0.1, 0.15) is 13.3 Å². The zero-order valence-corrected chi connectivity index (χ0v) is 8.05. The second kappa shape index (κ2) is 4.70. The molecule has 0 radical (unpaired) electrons. The highest BCUT2D eigenvalue weighted by atomic mass is 16.2. The molecule has 1 heterocycles. The van der Waals surface area contributed by atoms with Crippen LogP contribution in [0.25, 0.3) is 0 Å². The van der Waals surface area contributed by atoms with Crippen molar-refractivity contribution >= 4 is 6.03 Å². The zero-order valence-electron chi connectivity index (χ0n) is 8.05. The first-order chi connectivity index (χ1) is 6.20. The lowest BCUT2D eigenvalue weighted by molar-refractivity contribution is 0.203. The van der Waals surface area contributed by atoms with Gasteiger partial charge in [0, 0.05) is 19.6 Å². The summed E-state index contributed by atoms with van der Waals surface area (Å²) in [6.07, 6.45) is 5.08. The minimum atomic E-state index is 0.00681. The fourth-order valence-electron chi connectivity index (χ4n) is 1.16. The molecule has 0 saturated heterocycles. The van der Waals surface area contributed by atoms with E-state index in [0.717, 1.165) is 25.1 Å². The quantitative estimate of drug-likeness (QED) is 0.642. The van der Waals surface area contributed by atoms with Gasteiger partial charge in [0.15, 0.2) is 0 Å². The molecule has 3 heteroatoms. The molecule has 3 nitrogen and oxygen atoms in total. The van der Waals surface area contributed by atoms with Crippen molar-refractivity contribution in [1.82, 2.24) is 10.2 Å². The number of urea groups is 1. The van der Waals surface area contributed by atoms with Gasteiger partial charge in [0.25, 0.3) is 0 Å². The molecule has 1 N–H and O–H groups in total. The molecule has 13 heavy (non-hydrogen) atoms. The lowest BCUT2D eigenvalue weighted by Crippen LogP contribution is -2.42. The molecule has 1 aliphatic rings. The van der Waals surface area contributed by atoms with E-state index in [-0.39, 0.29) is 6.03 Å². The van der Waals surface area contributed by atoms with Gasteiger partial charge >= 0.3 is 6.03 Å². The average Bonchev–Trinajstić information content (AvgIpc) is 2.15. The predicted octanol–water partition coefficient (Wildman–Crippen LogP) is 1.53. The molecule has 1 aliphatic heterocycles. The number of hydrogen-bond acceptors (Lipinski definition) is 1. The van der Waals surface area contributed by atoms with Crippen LogP contribution in [0.15, 0.2) is 24.3 Å². The van der Waals surface area contributed by atoms with Gasteiger partial charge in [-0.1, -0.05) is 24.3 Å². The third-order valence-corrected chi connectivity index (χ3v) is 1.89. The molecular formula is C10H16N2O. The number of nitrogens with one attached hydrogen (secondary N) is 1. The Bertz CT molecular complexity index is 233. The van der Waals surface area contributed by atoms with Gasteiger partial charge in [0.2, 0.25) is 0 Å². The van der Waals surface area contributed by atoms with Gasteiger partial charge in [-0.2, -0.15) is 0 Å². The van der Waals surface area contributed by atoms with Crippen molar-refractivity contribution in [3.05, 3.63) is 24.3 Å². The first-order valence-electron chi connectivity index (χ1n) is 4.52. The van der Waals surface area contributed by atoms with Crippen molar-refractivity contribution in [3.8, 4) is 0 Å². The fraction of sp³-hybridized carbons (Fsp3) is 0.500. The Labute approximate surface area is 79.1 Å². The third-order valence-electron chi connectivity index (χ3n) is 1.89. The second-order valence-electron chi connectivity index (χ2n) is 3.32. The molecule has 0 aromatic rings. The molecule has 0 unspecified atom stereocenters. The van der Waals surface area contributed by atoms with Crippen LogP contribution in [0.3, 0.4) is 0 Å². The Kier molecular flexibility index (Phi) is 3.55. The van der Waals surface area contributed by atoms with Crippen molar-refractivity contribution in [2.24, 2.45) is 0 Å².